The number of rotatable bonds is 1. The highest BCUT2D eigenvalue weighted by molar-refractivity contribution is 5.88. The number of nitriles is 3. The molecule has 1 N–H and O–H groups in total. The van der Waals surface area contributed by atoms with Crippen LogP contribution in [0.3, 0.4) is 0 Å². The van der Waals surface area contributed by atoms with Crippen molar-refractivity contribution in [2.75, 3.05) is 0 Å². The Bertz CT molecular complexity index is 813. The maximum absolute atomic E-state index is 10.00. The molecule has 1 saturated carbocycles. The average molecular weight is 322 g/mol. The molecule has 3 saturated heterocycles. The monoisotopic (exact) mass is 322 g/mol. The zero-order valence-electron chi connectivity index (χ0n) is 12.8. The van der Waals surface area contributed by atoms with Crippen LogP contribution in [0.15, 0.2) is 22.8 Å². The molecule has 7 heteroatoms. The highest BCUT2D eigenvalue weighted by Crippen LogP contribution is 2.69. The van der Waals surface area contributed by atoms with Crippen molar-refractivity contribution >= 4 is 5.90 Å². The van der Waals surface area contributed by atoms with Gasteiger partial charge >= 0.3 is 0 Å². The van der Waals surface area contributed by atoms with Gasteiger partial charge in [0.25, 0.3) is 0 Å². The minimum atomic E-state index is -1.85. The minimum absolute atomic E-state index is 0.322. The second-order valence-corrected chi connectivity index (χ2v) is 6.51. The maximum Gasteiger partial charge on any atom is 0.218 e. The molecule has 24 heavy (non-hydrogen) atoms. The van der Waals surface area contributed by atoms with Gasteiger partial charge < -0.3 is 13.9 Å². The Morgan fingerprint density at radius 3 is 2.58 bits per heavy atom. The van der Waals surface area contributed by atoms with E-state index in [4.69, 9.17) is 19.3 Å². The fraction of sp³-hybridized carbons (Fsp3) is 0.529. The van der Waals surface area contributed by atoms with Gasteiger partial charge in [0.2, 0.25) is 11.7 Å². The second kappa shape index (κ2) is 4.60. The molecular weight excluding hydrogens is 308 g/mol. The predicted molar refractivity (Wildman–Crippen MR) is 77.7 cm³/mol. The first-order valence-electron chi connectivity index (χ1n) is 7.83. The highest BCUT2D eigenvalue weighted by atomic mass is 16.7. The van der Waals surface area contributed by atoms with E-state index in [1.54, 1.807) is 12.1 Å². The van der Waals surface area contributed by atoms with Gasteiger partial charge in [0.15, 0.2) is 10.8 Å². The van der Waals surface area contributed by atoms with Crippen molar-refractivity contribution in [1.82, 2.24) is 0 Å². The summed E-state index contributed by atoms with van der Waals surface area (Å²) in [7, 11) is 0. The zero-order valence-corrected chi connectivity index (χ0v) is 12.8. The summed E-state index contributed by atoms with van der Waals surface area (Å²) in [6, 6.07) is 9.47. The minimum Gasteiger partial charge on any atom is -0.467 e. The summed E-state index contributed by atoms with van der Waals surface area (Å²) in [5, 5.41) is 38.3. The molecule has 4 heterocycles. The lowest BCUT2D eigenvalue weighted by Crippen LogP contribution is -2.73. The molecule has 0 amide bonds. The van der Waals surface area contributed by atoms with Crippen LogP contribution < -0.4 is 0 Å². The van der Waals surface area contributed by atoms with E-state index < -0.39 is 28.6 Å². The molecular formula is C17H14N4O3. The number of furan rings is 1. The third-order valence-electron chi connectivity index (χ3n) is 5.62. The van der Waals surface area contributed by atoms with Gasteiger partial charge in [0, 0.05) is 6.42 Å². The molecule has 120 valence electrons. The van der Waals surface area contributed by atoms with Gasteiger partial charge in [0.1, 0.15) is 11.9 Å². The summed E-state index contributed by atoms with van der Waals surface area (Å²) in [6.07, 6.45) is 3.07. The lowest BCUT2D eigenvalue weighted by atomic mass is 9.48. The van der Waals surface area contributed by atoms with E-state index in [1.165, 1.54) is 6.26 Å². The van der Waals surface area contributed by atoms with Gasteiger partial charge in [-0.15, -0.1) is 0 Å². The number of nitrogens with zero attached hydrogens (tertiary/aromatic N) is 3. The number of hydrogen-bond donors (Lipinski definition) is 1. The van der Waals surface area contributed by atoms with E-state index in [0.717, 1.165) is 12.8 Å². The first kappa shape index (κ1) is 14.8. The molecule has 1 aromatic rings. The topological polar surface area (TPSA) is 127 Å². The fourth-order valence-electron chi connectivity index (χ4n) is 4.54. The number of hydrogen-bond acceptors (Lipinski definition) is 7. The largest absolute Gasteiger partial charge is 0.467 e. The number of ether oxygens (including phenoxy) is 2. The van der Waals surface area contributed by atoms with Crippen molar-refractivity contribution in [3.8, 4) is 18.2 Å². The molecule has 0 aromatic carbocycles. The first-order chi connectivity index (χ1) is 11.6. The van der Waals surface area contributed by atoms with Crippen LogP contribution in [0, 0.1) is 56.2 Å². The van der Waals surface area contributed by atoms with Gasteiger partial charge in [-0.2, -0.15) is 15.8 Å². The van der Waals surface area contributed by atoms with Crippen LogP contribution in [0.1, 0.15) is 37.5 Å². The molecule has 5 rings (SSSR count). The van der Waals surface area contributed by atoms with Crippen LogP contribution in [0.5, 0.6) is 0 Å². The van der Waals surface area contributed by atoms with Gasteiger partial charge in [-0.3, -0.25) is 5.41 Å². The van der Waals surface area contributed by atoms with E-state index in [9.17, 15) is 15.8 Å². The molecule has 4 fully saturated rings. The van der Waals surface area contributed by atoms with E-state index in [-0.39, 0.29) is 5.90 Å². The zero-order chi connectivity index (χ0) is 17.0. The molecule has 1 aromatic heterocycles. The first-order valence-corrected chi connectivity index (χ1v) is 7.83. The second-order valence-electron chi connectivity index (χ2n) is 6.51. The Morgan fingerprint density at radius 1 is 1.17 bits per heavy atom. The van der Waals surface area contributed by atoms with Crippen molar-refractivity contribution in [3.05, 3.63) is 24.2 Å². The summed E-state index contributed by atoms with van der Waals surface area (Å²) in [5.41, 5.74) is -3.56. The van der Waals surface area contributed by atoms with Gasteiger partial charge in [-0.25, -0.2) is 0 Å². The van der Waals surface area contributed by atoms with Crippen LogP contribution >= 0.6 is 0 Å². The Morgan fingerprint density at radius 2 is 1.96 bits per heavy atom. The number of nitrogens with one attached hydrogen (secondary N) is 1. The van der Waals surface area contributed by atoms with Gasteiger partial charge in [0.05, 0.1) is 30.4 Å². The molecule has 1 aliphatic carbocycles. The number of fused-ring (bicyclic) bond motifs is 2. The lowest BCUT2D eigenvalue weighted by molar-refractivity contribution is -0.363. The highest BCUT2D eigenvalue weighted by Gasteiger charge is 2.80. The summed E-state index contributed by atoms with van der Waals surface area (Å²) in [5.74, 6) is -1.85. The Hall–Kier alpha value is -2.82. The van der Waals surface area contributed by atoms with E-state index in [1.807, 2.05) is 6.07 Å². The molecule has 3 aliphatic heterocycles. The van der Waals surface area contributed by atoms with Crippen molar-refractivity contribution in [2.24, 2.45) is 16.7 Å². The quantitative estimate of drug-likeness (QED) is 0.846. The molecule has 7 nitrogen and oxygen atoms in total. The lowest BCUT2D eigenvalue weighted by Gasteiger charge is -2.63. The van der Waals surface area contributed by atoms with Crippen molar-refractivity contribution in [3.63, 3.8) is 0 Å². The van der Waals surface area contributed by atoms with Crippen LogP contribution in [0.25, 0.3) is 0 Å². The molecule has 4 atom stereocenters. The maximum atomic E-state index is 10.00. The Balaban J connectivity index is 2.03. The van der Waals surface area contributed by atoms with Gasteiger partial charge in [-0.1, -0.05) is 6.42 Å². The smallest absolute Gasteiger partial charge is 0.218 e. The SMILES string of the molecule is N#CC1(C#N)[C@H]2CCCC[C@@]23OC(=N)[C@@]1(C#N)[C@@H](c1ccco1)O3. The van der Waals surface area contributed by atoms with Crippen LogP contribution in [-0.4, -0.2) is 11.7 Å². The van der Waals surface area contributed by atoms with Crippen molar-refractivity contribution < 1.29 is 13.9 Å². The molecule has 0 radical (unpaired) electrons. The van der Waals surface area contributed by atoms with Crippen LogP contribution in [0.2, 0.25) is 0 Å². The van der Waals surface area contributed by atoms with Crippen LogP contribution in [-0.2, 0) is 9.47 Å². The van der Waals surface area contributed by atoms with E-state index in [2.05, 4.69) is 12.1 Å². The Labute approximate surface area is 138 Å². The molecule has 0 unspecified atom stereocenters. The van der Waals surface area contributed by atoms with Gasteiger partial charge in [-0.05, 0) is 25.0 Å². The predicted octanol–water partition coefficient (Wildman–Crippen LogP) is 2.79. The standard InChI is InChI=1S/C17H14N4O3/c18-8-15(9-19)12-5-1-2-6-17(12)23-13(11-4-3-7-22-11)16(15,10-20)14(21)24-17/h3-4,7,12-13,21H,1-2,5-6H2/t12-,13-,16-,17-/m1/s1. The summed E-state index contributed by atoms with van der Waals surface area (Å²) in [4.78, 5) is 0. The van der Waals surface area contributed by atoms with Crippen LogP contribution in [0.4, 0.5) is 0 Å². The van der Waals surface area contributed by atoms with Crippen molar-refractivity contribution in [2.45, 2.75) is 37.6 Å². The summed E-state index contributed by atoms with van der Waals surface area (Å²) in [6.45, 7) is 0. The normalized spacial score (nSPS) is 39.0. The van der Waals surface area contributed by atoms with E-state index in [0.29, 0.717) is 18.6 Å². The molecule has 4 aliphatic rings. The molecule has 2 bridgehead atoms. The molecule has 1 spiro atoms. The van der Waals surface area contributed by atoms with E-state index >= 15 is 0 Å². The van der Waals surface area contributed by atoms with Crippen molar-refractivity contribution in [1.29, 1.82) is 21.2 Å². The Kier molecular flexibility index (Phi) is 2.83. The third kappa shape index (κ3) is 1.36. The summed E-state index contributed by atoms with van der Waals surface area (Å²) >= 11 is 0. The average Bonchev–Trinajstić information content (AvgIpc) is 3.14. The summed E-state index contributed by atoms with van der Waals surface area (Å²) < 4.78 is 17.3. The third-order valence-corrected chi connectivity index (χ3v) is 5.62. The fourth-order valence-corrected chi connectivity index (χ4v) is 4.54.